The second-order valence-corrected chi connectivity index (χ2v) is 10.00. The Bertz CT molecular complexity index is 1840. The first-order valence-corrected chi connectivity index (χ1v) is 13.1. The molecule has 1 unspecified atom stereocenters. The van der Waals surface area contributed by atoms with Crippen LogP contribution in [0.4, 0.5) is 5.69 Å². The fraction of sp³-hybridized carbons (Fsp3) is 0.0571. The molecule has 1 atom stereocenters. The number of benzene rings is 3. The first kappa shape index (κ1) is 23.1. The van der Waals surface area contributed by atoms with Crippen molar-refractivity contribution in [2.75, 3.05) is 5.32 Å². The molecule has 0 amide bonds. The number of nitrogens with one attached hydrogen (secondary N) is 1. The van der Waals surface area contributed by atoms with E-state index in [9.17, 15) is 0 Å². The molecule has 0 bridgehead atoms. The van der Waals surface area contributed by atoms with E-state index in [4.69, 9.17) is 15.0 Å². The Balaban J connectivity index is 1.43. The largest absolute Gasteiger partial charge is 0.369 e. The van der Waals surface area contributed by atoms with Crippen molar-refractivity contribution in [3.05, 3.63) is 151 Å². The van der Waals surface area contributed by atoms with Crippen LogP contribution in [0.5, 0.6) is 0 Å². The lowest BCUT2D eigenvalue weighted by molar-refractivity contribution is 0.660. The lowest BCUT2D eigenvalue weighted by Crippen LogP contribution is -2.34. The van der Waals surface area contributed by atoms with Gasteiger partial charge in [0.2, 0.25) is 0 Å². The van der Waals surface area contributed by atoms with Crippen LogP contribution in [-0.2, 0) is 5.54 Å². The van der Waals surface area contributed by atoms with Gasteiger partial charge in [-0.3, -0.25) is 4.98 Å². The molecule has 7 rings (SSSR count). The first-order chi connectivity index (χ1) is 19.2. The number of hydrogen-bond donors (Lipinski definition) is 1. The van der Waals surface area contributed by atoms with Gasteiger partial charge >= 0.3 is 0 Å². The molecule has 39 heavy (non-hydrogen) atoms. The van der Waals surface area contributed by atoms with Gasteiger partial charge in [0.25, 0.3) is 0 Å². The van der Waals surface area contributed by atoms with Crippen LogP contribution in [0.1, 0.15) is 23.9 Å². The molecule has 4 heterocycles. The molecule has 4 heteroatoms. The average Bonchev–Trinajstić information content (AvgIpc) is 3.01. The SMILES string of the molecule is CC1(c2cccc(-c3ccccc3)n2)C=C(c2cccc(-c3ccccc3)n2)c2ccc3cccnc3c2N1. The maximum absolute atomic E-state index is 5.14. The zero-order valence-electron chi connectivity index (χ0n) is 21.5. The van der Waals surface area contributed by atoms with E-state index in [0.717, 1.165) is 61.6 Å². The minimum atomic E-state index is -0.594. The van der Waals surface area contributed by atoms with Gasteiger partial charge in [0.15, 0.2) is 0 Å². The highest BCUT2D eigenvalue weighted by Gasteiger charge is 2.34. The van der Waals surface area contributed by atoms with Crippen molar-refractivity contribution in [2.45, 2.75) is 12.5 Å². The number of rotatable bonds is 4. The van der Waals surface area contributed by atoms with Crippen LogP contribution in [0.15, 0.2) is 134 Å². The van der Waals surface area contributed by atoms with Gasteiger partial charge in [-0.15, -0.1) is 0 Å². The maximum atomic E-state index is 5.14. The number of anilines is 1. The highest BCUT2D eigenvalue weighted by atomic mass is 15.0. The summed E-state index contributed by atoms with van der Waals surface area (Å²) in [6, 6.07) is 41.4. The second kappa shape index (κ2) is 9.34. The normalized spacial score (nSPS) is 16.3. The molecule has 0 saturated carbocycles. The quantitative estimate of drug-likeness (QED) is 0.264. The van der Waals surface area contributed by atoms with Crippen molar-refractivity contribution in [3.8, 4) is 22.5 Å². The predicted molar refractivity (Wildman–Crippen MR) is 159 cm³/mol. The molecule has 0 spiro atoms. The Morgan fingerprint density at radius 2 is 1.26 bits per heavy atom. The van der Waals surface area contributed by atoms with Crippen molar-refractivity contribution in [3.63, 3.8) is 0 Å². The van der Waals surface area contributed by atoms with Gasteiger partial charge in [-0.25, -0.2) is 9.97 Å². The van der Waals surface area contributed by atoms with E-state index in [1.54, 1.807) is 0 Å². The van der Waals surface area contributed by atoms with E-state index in [2.05, 4.69) is 97.2 Å². The molecule has 3 aromatic carbocycles. The van der Waals surface area contributed by atoms with E-state index < -0.39 is 5.54 Å². The fourth-order valence-electron chi connectivity index (χ4n) is 5.36. The molecule has 1 N–H and O–H groups in total. The third-order valence-corrected chi connectivity index (χ3v) is 7.33. The van der Waals surface area contributed by atoms with E-state index in [0.29, 0.717) is 0 Å². The number of fused-ring (bicyclic) bond motifs is 3. The first-order valence-electron chi connectivity index (χ1n) is 13.1. The molecule has 3 aromatic heterocycles. The minimum absolute atomic E-state index is 0.594. The van der Waals surface area contributed by atoms with Crippen LogP contribution in [0, 0.1) is 0 Å². The number of hydrogen-bond acceptors (Lipinski definition) is 4. The van der Waals surface area contributed by atoms with E-state index in [1.165, 1.54) is 0 Å². The van der Waals surface area contributed by atoms with E-state index in [-0.39, 0.29) is 0 Å². The van der Waals surface area contributed by atoms with Crippen LogP contribution in [0.2, 0.25) is 0 Å². The van der Waals surface area contributed by atoms with Crippen LogP contribution in [-0.4, -0.2) is 15.0 Å². The summed E-state index contributed by atoms with van der Waals surface area (Å²) in [6.45, 7) is 2.18. The number of nitrogens with zero attached hydrogens (tertiary/aromatic N) is 3. The maximum Gasteiger partial charge on any atom is 0.0963 e. The summed E-state index contributed by atoms with van der Waals surface area (Å²) in [5.41, 5.74) is 9.39. The molecule has 0 radical (unpaired) electrons. The number of pyridine rings is 3. The Kier molecular flexibility index (Phi) is 5.52. The molecule has 186 valence electrons. The van der Waals surface area contributed by atoms with Gasteiger partial charge in [0.1, 0.15) is 0 Å². The predicted octanol–water partition coefficient (Wildman–Crippen LogP) is 8.13. The van der Waals surface area contributed by atoms with Gasteiger partial charge < -0.3 is 5.32 Å². The smallest absolute Gasteiger partial charge is 0.0963 e. The zero-order valence-corrected chi connectivity index (χ0v) is 21.5. The highest BCUT2D eigenvalue weighted by Crippen LogP contribution is 2.44. The van der Waals surface area contributed by atoms with E-state index in [1.807, 2.05) is 48.7 Å². The van der Waals surface area contributed by atoms with Gasteiger partial charge in [0, 0.05) is 33.8 Å². The van der Waals surface area contributed by atoms with Crippen molar-refractivity contribution in [2.24, 2.45) is 0 Å². The average molecular weight is 503 g/mol. The van der Waals surface area contributed by atoms with Crippen molar-refractivity contribution in [1.82, 2.24) is 15.0 Å². The van der Waals surface area contributed by atoms with Gasteiger partial charge in [-0.2, -0.15) is 0 Å². The van der Waals surface area contributed by atoms with Crippen LogP contribution >= 0.6 is 0 Å². The van der Waals surface area contributed by atoms with Gasteiger partial charge in [-0.05, 0) is 43.3 Å². The molecule has 0 aliphatic carbocycles. The molecule has 4 nitrogen and oxygen atoms in total. The Morgan fingerprint density at radius 3 is 2.00 bits per heavy atom. The lowest BCUT2D eigenvalue weighted by atomic mass is 9.84. The Labute approximate surface area is 227 Å². The van der Waals surface area contributed by atoms with Crippen molar-refractivity contribution in [1.29, 1.82) is 0 Å². The van der Waals surface area contributed by atoms with Gasteiger partial charge in [-0.1, -0.05) is 91.0 Å². The molecule has 6 aromatic rings. The van der Waals surface area contributed by atoms with Crippen molar-refractivity contribution >= 4 is 22.2 Å². The molecule has 1 aliphatic rings. The summed E-state index contributed by atoms with van der Waals surface area (Å²) in [5.74, 6) is 0. The molecule has 0 fully saturated rings. The van der Waals surface area contributed by atoms with Crippen LogP contribution in [0.25, 0.3) is 39.0 Å². The topological polar surface area (TPSA) is 50.7 Å². The summed E-state index contributed by atoms with van der Waals surface area (Å²) < 4.78 is 0. The molecule has 1 aliphatic heterocycles. The van der Waals surface area contributed by atoms with Crippen molar-refractivity contribution < 1.29 is 0 Å². The summed E-state index contributed by atoms with van der Waals surface area (Å²) in [6.07, 6.45) is 4.11. The molecular formula is C35H26N4. The van der Waals surface area contributed by atoms with Gasteiger partial charge in [0.05, 0.1) is 39.5 Å². The highest BCUT2D eigenvalue weighted by molar-refractivity contribution is 6.01. The van der Waals surface area contributed by atoms with Crippen LogP contribution in [0.3, 0.4) is 0 Å². The summed E-state index contributed by atoms with van der Waals surface area (Å²) >= 11 is 0. The minimum Gasteiger partial charge on any atom is -0.369 e. The zero-order chi connectivity index (χ0) is 26.2. The summed E-state index contributed by atoms with van der Waals surface area (Å²) in [5, 5.41) is 4.92. The Hall–Kier alpha value is -5.09. The standard InChI is InChI=1S/C35H26N4/c1-35(32-19-9-17-30(38-32)25-13-6-3-7-14-25)23-28(27-21-20-26-15-10-22-36-33(26)34(27)39-35)31-18-8-16-29(37-31)24-11-4-2-5-12-24/h2-23,39H,1H3. The van der Waals surface area contributed by atoms with E-state index >= 15 is 0 Å². The fourth-order valence-corrected chi connectivity index (χ4v) is 5.36. The monoisotopic (exact) mass is 502 g/mol. The third-order valence-electron chi connectivity index (χ3n) is 7.33. The summed E-state index contributed by atoms with van der Waals surface area (Å²) in [7, 11) is 0. The lowest BCUT2D eigenvalue weighted by Gasteiger charge is -2.35. The third kappa shape index (κ3) is 4.16. The number of aromatic nitrogens is 3. The molecular weight excluding hydrogens is 476 g/mol. The second-order valence-electron chi connectivity index (χ2n) is 10.00. The Morgan fingerprint density at radius 1 is 0.590 bits per heavy atom. The van der Waals surface area contributed by atoms with Crippen LogP contribution < -0.4 is 5.32 Å². The summed E-state index contributed by atoms with van der Waals surface area (Å²) in [4.78, 5) is 15.1. The molecule has 0 saturated heterocycles.